The fraction of sp³-hybridized carbons (Fsp3) is 0.0244. The zero-order chi connectivity index (χ0) is 29.5. The lowest BCUT2D eigenvalue weighted by molar-refractivity contribution is 0.663. The maximum absolute atomic E-state index is 6.53. The van der Waals surface area contributed by atoms with Gasteiger partial charge in [0, 0.05) is 21.7 Å². The lowest BCUT2D eigenvalue weighted by Gasteiger charge is -2.12. The number of rotatable bonds is 3. The molecule has 212 valence electrons. The Morgan fingerprint density at radius 1 is 0.444 bits per heavy atom. The second kappa shape index (κ2) is 9.25. The van der Waals surface area contributed by atoms with Crippen LogP contribution in [0.15, 0.2) is 148 Å². The highest BCUT2D eigenvalue weighted by Gasteiger charge is 2.22. The maximum atomic E-state index is 6.53. The highest BCUT2D eigenvalue weighted by Crippen LogP contribution is 2.45. The van der Waals surface area contributed by atoms with Crippen molar-refractivity contribution in [3.8, 4) is 22.3 Å². The van der Waals surface area contributed by atoms with Gasteiger partial charge >= 0.3 is 0 Å². The molecule has 0 bridgehead atoms. The monoisotopic (exact) mass is 578 g/mol. The normalized spacial score (nSPS) is 14.4. The van der Waals surface area contributed by atoms with Gasteiger partial charge in [-0.25, -0.2) is 0 Å². The van der Waals surface area contributed by atoms with Crippen molar-refractivity contribution in [2.75, 3.05) is 10.6 Å². The van der Waals surface area contributed by atoms with Crippen LogP contribution in [0.4, 0.5) is 11.4 Å². The molecule has 1 atom stereocenters. The molecule has 0 amide bonds. The van der Waals surface area contributed by atoms with Crippen LogP contribution in [0, 0.1) is 0 Å². The summed E-state index contributed by atoms with van der Waals surface area (Å²) in [5.74, 6) is 0. The molecule has 2 aromatic heterocycles. The van der Waals surface area contributed by atoms with Gasteiger partial charge in [-0.05, 0) is 75.5 Å². The van der Waals surface area contributed by atoms with Crippen LogP contribution in [0.2, 0.25) is 0 Å². The fourth-order valence-electron chi connectivity index (χ4n) is 7.00. The summed E-state index contributed by atoms with van der Waals surface area (Å²) in [5.41, 5.74) is 11.5. The van der Waals surface area contributed by atoms with Gasteiger partial charge in [0.2, 0.25) is 0 Å². The number of fused-ring (bicyclic) bond motifs is 9. The number of hydrogen-bond acceptors (Lipinski definition) is 4. The fourth-order valence-corrected chi connectivity index (χ4v) is 7.00. The van der Waals surface area contributed by atoms with Crippen molar-refractivity contribution in [1.29, 1.82) is 0 Å². The van der Waals surface area contributed by atoms with Gasteiger partial charge in [-0.15, -0.1) is 0 Å². The Balaban J connectivity index is 1.07. The Hall–Kier alpha value is -6.00. The van der Waals surface area contributed by atoms with Gasteiger partial charge in [0.05, 0.1) is 16.8 Å². The van der Waals surface area contributed by atoms with Crippen molar-refractivity contribution in [3.05, 3.63) is 145 Å². The third-order valence-corrected chi connectivity index (χ3v) is 9.23. The minimum atomic E-state index is 0.0731. The van der Waals surface area contributed by atoms with Gasteiger partial charge in [0.25, 0.3) is 0 Å². The Bertz CT molecular complexity index is 2610. The molecule has 9 aromatic rings. The molecule has 0 fully saturated rings. The molecule has 7 aromatic carbocycles. The van der Waals surface area contributed by atoms with Gasteiger partial charge in [-0.2, -0.15) is 0 Å². The SMILES string of the molecule is c1ccc(C2Nc3ccc(-c4ccc5cc(-c6cc7c8ccccc8oc7c7c6oc6ccccc67)ccc5c4)cc3N2)cc1. The molecule has 0 saturated carbocycles. The average molecular weight is 579 g/mol. The molecule has 1 unspecified atom stereocenters. The first-order chi connectivity index (χ1) is 22.3. The van der Waals surface area contributed by atoms with Crippen LogP contribution in [0.5, 0.6) is 0 Å². The average Bonchev–Trinajstić information content (AvgIpc) is 3.81. The summed E-state index contributed by atoms with van der Waals surface area (Å²) in [4.78, 5) is 0. The molecule has 2 N–H and O–H groups in total. The topological polar surface area (TPSA) is 50.3 Å². The van der Waals surface area contributed by atoms with E-state index in [1.54, 1.807) is 0 Å². The predicted octanol–water partition coefficient (Wildman–Crippen LogP) is 11.5. The molecule has 0 radical (unpaired) electrons. The molecule has 45 heavy (non-hydrogen) atoms. The summed E-state index contributed by atoms with van der Waals surface area (Å²) in [6, 6.07) is 49.2. The van der Waals surface area contributed by atoms with E-state index in [9.17, 15) is 0 Å². The first-order valence-electron chi connectivity index (χ1n) is 15.3. The summed E-state index contributed by atoms with van der Waals surface area (Å²) in [6.45, 7) is 0. The molecule has 1 aliphatic rings. The molecule has 0 spiro atoms. The van der Waals surface area contributed by atoms with E-state index in [2.05, 4.69) is 120 Å². The molecule has 4 heteroatoms. The molecule has 10 rings (SSSR count). The number of hydrogen-bond donors (Lipinski definition) is 2. The highest BCUT2D eigenvalue weighted by molar-refractivity contribution is 6.25. The molecule has 3 heterocycles. The minimum Gasteiger partial charge on any atom is -0.455 e. The van der Waals surface area contributed by atoms with Crippen LogP contribution in [-0.2, 0) is 0 Å². The number of nitrogens with one attached hydrogen (secondary N) is 2. The van der Waals surface area contributed by atoms with Crippen molar-refractivity contribution in [3.63, 3.8) is 0 Å². The van der Waals surface area contributed by atoms with Crippen molar-refractivity contribution in [2.45, 2.75) is 6.17 Å². The maximum Gasteiger partial charge on any atom is 0.147 e. The lowest BCUT2D eigenvalue weighted by Crippen LogP contribution is -2.11. The minimum absolute atomic E-state index is 0.0731. The van der Waals surface area contributed by atoms with Crippen molar-refractivity contribution in [1.82, 2.24) is 0 Å². The highest BCUT2D eigenvalue weighted by atomic mass is 16.3. The summed E-state index contributed by atoms with van der Waals surface area (Å²) >= 11 is 0. The van der Waals surface area contributed by atoms with Gasteiger partial charge in [0.15, 0.2) is 0 Å². The number of furan rings is 2. The second-order valence-corrected chi connectivity index (χ2v) is 11.9. The van der Waals surface area contributed by atoms with Crippen LogP contribution < -0.4 is 10.6 Å². The van der Waals surface area contributed by atoms with Crippen LogP contribution in [-0.4, -0.2) is 0 Å². The largest absolute Gasteiger partial charge is 0.455 e. The summed E-state index contributed by atoms with van der Waals surface area (Å²) in [5, 5.41) is 13.9. The van der Waals surface area contributed by atoms with Gasteiger partial charge < -0.3 is 19.5 Å². The summed E-state index contributed by atoms with van der Waals surface area (Å²) < 4.78 is 13.0. The molecule has 0 saturated heterocycles. The Kier molecular flexibility index (Phi) is 5.02. The third kappa shape index (κ3) is 3.72. The predicted molar refractivity (Wildman–Crippen MR) is 186 cm³/mol. The zero-order valence-electron chi connectivity index (χ0n) is 24.2. The van der Waals surface area contributed by atoms with E-state index >= 15 is 0 Å². The molecular weight excluding hydrogens is 552 g/mol. The lowest BCUT2D eigenvalue weighted by atomic mass is 9.95. The first-order valence-corrected chi connectivity index (χ1v) is 15.3. The van der Waals surface area contributed by atoms with Crippen LogP contribution in [0.3, 0.4) is 0 Å². The van der Waals surface area contributed by atoms with Crippen LogP contribution >= 0.6 is 0 Å². The smallest absolute Gasteiger partial charge is 0.147 e. The third-order valence-electron chi connectivity index (χ3n) is 9.23. The zero-order valence-corrected chi connectivity index (χ0v) is 24.2. The van der Waals surface area contributed by atoms with E-state index in [0.717, 1.165) is 66.4 Å². The molecule has 0 aliphatic carbocycles. The summed E-state index contributed by atoms with van der Waals surface area (Å²) in [7, 11) is 0. The van der Waals surface area contributed by atoms with Crippen LogP contribution in [0.25, 0.3) is 76.9 Å². The van der Waals surface area contributed by atoms with E-state index in [1.807, 2.05) is 30.3 Å². The Morgan fingerprint density at radius 2 is 1.07 bits per heavy atom. The van der Waals surface area contributed by atoms with E-state index in [1.165, 1.54) is 27.5 Å². The number of benzene rings is 7. The standard InChI is InChI=1S/C41H26N2O2/c1-2-8-24(9-3-1)41-42-34-19-18-28(22-35(34)43-41)26-14-15-27-21-29(17-16-25(27)20-26)32-23-33-30-10-4-6-12-36(30)44-40(33)38-31-11-5-7-13-37(31)45-39(32)38/h1-23,41-43H. The van der Waals surface area contributed by atoms with E-state index < -0.39 is 0 Å². The van der Waals surface area contributed by atoms with Crippen molar-refractivity contribution < 1.29 is 8.83 Å². The van der Waals surface area contributed by atoms with Crippen molar-refractivity contribution in [2.24, 2.45) is 0 Å². The van der Waals surface area contributed by atoms with Gasteiger partial charge in [-0.3, -0.25) is 0 Å². The van der Waals surface area contributed by atoms with E-state index in [4.69, 9.17) is 8.83 Å². The van der Waals surface area contributed by atoms with E-state index in [0.29, 0.717) is 0 Å². The number of anilines is 2. The van der Waals surface area contributed by atoms with Crippen LogP contribution in [0.1, 0.15) is 11.7 Å². The molecule has 4 nitrogen and oxygen atoms in total. The van der Waals surface area contributed by atoms with Crippen molar-refractivity contribution >= 4 is 66.0 Å². The van der Waals surface area contributed by atoms with E-state index in [-0.39, 0.29) is 6.17 Å². The molecule has 1 aliphatic heterocycles. The number of para-hydroxylation sites is 2. The second-order valence-electron chi connectivity index (χ2n) is 11.9. The summed E-state index contributed by atoms with van der Waals surface area (Å²) in [6.07, 6.45) is 0.0731. The molecular formula is C41H26N2O2. The quantitative estimate of drug-likeness (QED) is 0.219. The Labute approximate surface area is 258 Å². The van der Waals surface area contributed by atoms with Gasteiger partial charge in [-0.1, -0.05) is 97.1 Å². The van der Waals surface area contributed by atoms with Gasteiger partial charge in [0.1, 0.15) is 28.5 Å². The first kappa shape index (κ1) is 24.4. The Morgan fingerprint density at radius 3 is 1.91 bits per heavy atom.